The molecule has 108 valence electrons. The second-order valence-electron chi connectivity index (χ2n) is 5.78. The fourth-order valence-corrected chi connectivity index (χ4v) is 3.98. The van der Waals surface area contributed by atoms with Crippen molar-refractivity contribution in [3.05, 3.63) is 29.8 Å². The van der Waals surface area contributed by atoms with Crippen molar-refractivity contribution < 1.29 is 9.53 Å². The number of rotatable bonds is 3. The highest BCUT2D eigenvalue weighted by Gasteiger charge is 2.42. The van der Waals surface area contributed by atoms with E-state index in [0.29, 0.717) is 18.5 Å². The van der Waals surface area contributed by atoms with Crippen LogP contribution < -0.4 is 4.74 Å². The van der Waals surface area contributed by atoms with E-state index in [2.05, 4.69) is 4.90 Å². The predicted molar refractivity (Wildman–Crippen MR) is 79.2 cm³/mol. The lowest BCUT2D eigenvalue weighted by molar-refractivity contribution is -0.134. The summed E-state index contributed by atoms with van der Waals surface area (Å²) < 4.78 is 5.21. The summed E-state index contributed by atoms with van der Waals surface area (Å²) in [6.45, 7) is 0. The van der Waals surface area contributed by atoms with Crippen molar-refractivity contribution in [3.63, 3.8) is 0 Å². The first-order valence-electron chi connectivity index (χ1n) is 7.25. The summed E-state index contributed by atoms with van der Waals surface area (Å²) in [5.41, 5.74) is 1.02. The number of carbonyl (C=O) groups excluding carboxylic acids is 1. The van der Waals surface area contributed by atoms with Crippen LogP contribution in [-0.4, -0.2) is 35.4 Å². The Kier molecular flexibility index (Phi) is 3.88. The molecular weight excluding hydrogens is 274 g/mol. The number of amides is 1. The minimum atomic E-state index is 0.231. The van der Waals surface area contributed by atoms with Crippen LogP contribution in [0.2, 0.25) is 0 Å². The Morgan fingerprint density at radius 2 is 2.05 bits per heavy atom. The van der Waals surface area contributed by atoms with E-state index < -0.39 is 0 Å². The van der Waals surface area contributed by atoms with Crippen molar-refractivity contribution in [2.45, 2.75) is 49.6 Å². The Bertz CT molecular complexity index is 491. The van der Waals surface area contributed by atoms with Crippen LogP contribution >= 0.6 is 11.6 Å². The normalized spacial score (nSPS) is 28.5. The van der Waals surface area contributed by atoms with Crippen LogP contribution in [0, 0.1) is 0 Å². The number of hydrogen-bond donors (Lipinski definition) is 0. The van der Waals surface area contributed by atoms with E-state index in [1.54, 1.807) is 7.11 Å². The predicted octanol–water partition coefficient (Wildman–Crippen LogP) is 3.00. The van der Waals surface area contributed by atoms with Crippen molar-refractivity contribution in [1.29, 1.82) is 0 Å². The van der Waals surface area contributed by atoms with Gasteiger partial charge in [-0.15, -0.1) is 11.6 Å². The monoisotopic (exact) mass is 293 g/mol. The molecule has 2 heterocycles. The molecule has 2 saturated heterocycles. The fourth-order valence-electron chi connectivity index (χ4n) is 3.57. The van der Waals surface area contributed by atoms with Gasteiger partial charge in [0.15, 0.2) is 0 Å². The summed E-state index contributed by atoms with van der Waals surface area (Å²) in [5.74, 6) is 1.03. The van der Waals surface area contributed by atoms with Crippen molar-refractivity contribution in [1.82, 2.24) is 4.90 Å². The summed E-state index contributed by atoms with van der Waals surface area (Å²) >= 11 is 6.26. The van der Waals surface area contributed by atoms with Crippen LogP contribution in [0.15, 0.2) is 24.3 Å². The summed E-state index contributed by atoms with van der Waals surface area (Å²) in [6.07, 6.45) is 4.57. The smallest absolute Gasteiger partial charge is 0.227 e. The van der Waals surface area contributed by atoms with Gasteiger partial charge in [0.25, 0.3) is 0 Å². The molecule has 1 aromatic rings. The SMILES string of the molecule is COc1cccc(CC(=O)N2C3CCC2CC(Cl)C3)c1. The molecule has 3 nitrogen and oxygen atoms in total. The van der Waals surface area contributed by atoms with E-state index in [0.717, 1.165) is 37.0 Å². The maximum atomic E-state index is 12.6. The molecule has 2 aliphatic rings. The first-order chi connectivity index (χ1) is 9.67. The van der Waals surface area contributed by atoms with Gasteiger partial charge in [0.1, 0.15) is 5.75 Å². The third kappa shape index (κ3) is 2.64. The van der Waals surface area contributed by atoms with Gasteiger partial charge in [-0.25, -0.2) is 0 Å². The number of carbonyl (C=O) groups is 1. The summed E-state index contributed by atoms with van der Waals surface area (Å²) in [6, 6.07) is 8.46. The maximum absolute atomic E-state index is 12.6. The van der Waals surface area contributed by atoms with E-state index in [-0.39, 0.29) is 11.3 Å². The molecule has 2 fully saturated rings. The first-order valence-corrected chi connectivity index (χ1v) is 7.69. The second-order valence-corrected chi connectivity index (χ2v) is 6.40. The van der Waals surface area contributed by atoms with Gasteiger partial charge in [-0.2, -0.15) is 0 Å². The van der Waals surface area contributed by atoms with E-state index in [4.69, 9.17) is 16.3 Å². The molecule has 0 spiro atoms. The molecule has 4 heteroatoms. The van der Waals surface area contributed by atoms with Gasteiger partial charge in [-0.05, 0) is 43.4 Å². The van der Waals surface area contributed by atoms with Gasteiger partial charge in [0, 0.05) is 17.5 Å². The van der Waals surface area contributed by atoms with Gasteiger partial charge < -0.3 is 9.64 Å². The number of fused-ring (bicyclic) bond motifs is 2. The Morgan fingerprint density at radius 1 is 1.35 bits per heavy atom. The van der Waals surface area contributed by atoms with Crippen LogP contribution in [0.4, 0.5) is 0 Å². The average Bonchev–Trinajstić information content (AvgIpc) is 2.71. The summed E-state index contributed by atoms with van der Waals surface area (Å²) in [7, 11) is 1.65. The lowest BCUT2D eigenvalue weighted by atomic mass is 10.0. The third-order valence-corrected chi connectivity index (χ3v) is 4.81. The minimum Gasteiger partial charge on any atom is -0.497 e. The maximum Gasteiger partial charge on any atom is 0.227 e. The highest BCUT2D eigenvalue weighted by Crippen LogP contribution is 2.38. The number of hydrogen-bond acceptors (Lipinski definition) is 2. The van der Waals surface area contributed by atoms with Crippen LogP contribution in [0.3, 0.4) is 0 Å². The molecule has 2 atom stereocenters. The van der Waals surface area contributed by atoms with E-state index in [1.807, 2.05) is 24.3 Å². The minimum absolute atomic E-state index is 0.231. The molecule has 0 aliphatic carbocycles. The molecule has 0 aromatic heterocycles. The summed E-state index contributed by atoms with van der Waals surface area (Å²) in [5, 5.41) is 0.244. The Hall–Kier alpha value is -1.22. The third-order valence-electron chi connectivity index (χ3n) is 4.45. The van der Waals surface area contributed by atoms with Crippen molar-refractivity contribution >= 4 is 17.5 Å². The van der Waals surface area contributed by atoms with Crippen LogP contribution in [0.1, 0.15) is 31.2 Å². The summed E-state index contributed by atoms with van der Waals surface area (Å²) in [4.78, 5) is 14.7. The zero-order valence-corrected chi connectivity index (χ0v) is 12.5. The Balaban J connectivity index is 1.70. The molecule has 2 unspecified atom stereocenters. The van der Waals surface area contributed by atoms with Gasteiger partial charge >= 0.3 is 0 Å². The van der Waals surface area contributed by atoms with Crippen molar-refractivity contribution in [2.75, 3.05) is 7.11 Å². The lowest BCUT2D eigenvalue weighted by Crippen LogP contribution is -2.47. The molecule has 0 N–H and O–H groups in total. The molecule has 20 heavy (non-hydrogen) atoms. The number of alkyl halides is 1. The molecule has 0 saturated carbocycles. The van der Waals surface area contributed by atoms with E-state index >= 15 is 0 Å². The number of nitrogens with zero attached hydrogens (tertiary/aromatic N) is 1. The zero-order chi connectivity index (χ0) is 14.1. The van der Waals surface area contributed by atoms with Gasteiger partial charge in [0.2, 0.25) is 5.91 Å². The Morgan fingerprint density at radius 3 is 2.70 bits per heavy atom. The van der Waals surface area contributed by atoms with Crippen molar-refractivity contribution in [3.8, 4) is 5.75 Å². The van der Waals surface area contributed by atoms with E-state index in [1.165, 1.54) is 0 Å². The molecule has 1 aromatic carbocycles. The van der Waals surface area contributed by atoms with Crippen LogP contribution in [0.25, 0.3) is 0 Å². The molecule has 1 amide bonds. The fraction of sp³-hybridized carbons (Fsp3) is 0.562. The van der Waals surface area contributed by atoms with Crippen molar-refractivity contribution in [2.24, 2.45) is 0 Å². The highest BCUT2D eigenvalue weighted by atomic mass is 35.5. The number of benzene rings is 1. The number of piperidine rings is 1. The lowest BCUT2D eigenvalue weighted by Gasteiger charge is -2.37. The number of halogens is 1. The standard InChI is InChI=1S/C16H20ClNO2/c1-20-15-4-2-3-11(7-15)8-16(19)18-13-5-6-14(18)10-12(17)9-13/h2-4,7,12-14H,5-6,8-10H2,1H3. The largest absolute Gasteiger partial charge is 0.497 e. The Labute approximate surface area is 124 Å². The highest BCUT2D eigenvalue weighted by molar-refractivity contribution is 6.20. The second kappa shape index (κ2) is 5.65. The molecular formula is C16H20ClNO2. The number of ether oxygens (including phenoxy) is 1. The van der Waals surface area contributed by atoms with Gasteiger partial charge in [-0.3, -0.25) is 4.79 Å². The quantitative estimate of drug-likeness (QED) is 0.802. The van der Waals surface area contributed by atoms with Crippen LogP contribution in [-0.2, 0) is 11.2 Å². The zero-order valence-electron chi connectivity index (χ0n) is 11.7. The molecule has 2 aliphatic heterocycles. The van der Waals surface area contributed by atoms with Crippen LogP contribution in [0.5, 0.6) is 5.75 Å². The van der Waals surface area contributed by atoms with E-state index in [9.17, 15) is 4.79 Å². The van der Waals surface area contributed by atoms with Gasteiger partial charge in [0.05, 0.1) is 13.5 Å². The molecule has 0 radical (unpaired) electrons. The molecule has 3 rings (SSSR count). The molecule has 2 bridgehead atoms. The topological polar surface area (TPSA) is 29.5 Å². The average molecular weight is 294 g/mol. The number of methoxy groups -OCH3 is 1. The first kappa shape index (κ1) is 13.7. The van der Waals surface area contributed by atoms with Gasteiger partial charge in [-0.1, -0.05) is 12.1 Å².